The summed E-state index contributed by atoms with van der Waals surface area (Å²) in [6, 6.07) is 2.05. The highest BCUT2D eigenvalue weighted by molar-refractivity contribution is 5.34. The summed E-state index contributed by atoms with van der Waals surface area (Å²) in [6.07, 6.45) is 4.51. The predicted molar refractivity (Wildman–Crippen MR) is 71.3 cm³/mol. The molecule has 1 saturated heterocycles. The van der Waals surface area contributed by atoms with E-state index in [1.807, 2.05) is 13.0 Å². The zero-order valence-electron chi connectivity index (χ0n) is 11.0. The SMILES string of the molecule is Cc1cc(CN)nc(N2CCCCCC2CO)n1. The smallest absolute Gasteiger partial charge is 0.226 e. The van der Waals surface area contributed by atoms with Gasteiger partial charge in [-0.3, -0.25) is 0 Å². The molecule has 2 heterocycles. The van der Waals surface area contributed by atoms with Gasteiger partial charge in [-0.1, -0.05) is 12.8 Å². The molecule has 0 radical (unpaired) electrons. The monoisotopic (exact) mass is 250 g/mol. The van der Waals surface area contributed by atoms with Gasteiger partial charge in [0.2, 0.25) is 5.95 Å². The van der Waals surface area contributed by atoms with Crippen molar-refractivity contribution in [2.75, 3.05) is 18.1 Å². The minimum Gasteiger partial charge on any atom is -0.394 e. The second-order valence-electron chi connectivity index (χ2n) is 4.88. The lowest BCUT2D eigenvalue weighted by Gasteiger charge is -2.29. The van der Waals surface area contributed by atoms with Gasteiger partial charge in [-0.05, 0) is 25.8 Å². The van der Waals surface area contributed by atoms with Gasteiger partial charge >= 0.3 is 0 Å². The Labute approximate surface area is 108 Å². The Balaban J connectivity index is 2.29. The third-order valence-corrected chi connectivity index (χ3v) is 3.45. The van der Waals surface area contributed by atoms with Crippen LogP contribution >= 0.6 is 0 Å². The standard InChI is InChI=1S/C13H22N4O/c1-10-7-11(8-14)16-13(15-10)17-6-4-2-3-5-12(17)9-18/h7,12,18H,2-6,8-9,14H2,1H3. The van der Waals surface area contributed by atoms with Crippen LogP contribution < -0.4 is 10.6 Å². The number of nitrogens with zero attached hydrogens (tertiary/aromatic N) is 3. The van der Waals surface area contributed by atoms with Crippen LogP contribution in [0.4, 0.5) is 5.95 Å². The van der Waals surface area contributed by atoms with Gasteiger partial charge in [-0.2, -0.15) is 0 Å². The maximum absolute atomic E-state index is 9.52. The first-order valence-electron chi connectivity index (χ1n) is 6.66. The van der Waals surface area contributed by atoms with E-state index in [1.54, 1.807) is 0 Å². The lowest BCUT2D eigenvalue weighted by Crippen LogP contribution is -2.39. The third-order valence-electron chi connectivity index (χ3n) is 3.45. The van der Waals surface area contributed by atoms with Crippen molar-refractivity contribution >= 4 is 5.95 Å². The van der Waals surface area contributed by atoms with E-state index in [9.17, 15) is 5.11 Å². The molecule has 0 bridgehead atoms. The molecule has 1 aromatic rings. The summed E-state index contributed by atoms with van der Waals surface area (Å²) in [4.78, 5) is 11.1. The Hall–Kier alpha value is -1.20. The highest BCUT2D eigenvalue weighted by Crippen LogP contribution is 2.21. The quantitative estimate of drug-likeness (QED) is 0.836. The molecule has 0 aliphatic carbocycles. The van der Waals surface area contributed by atoms with Crippen LogP contribution in [0.3, 0.4) is 0 Å². The molecule has 3 N–H and O–H groups in total. The summed E-state index contributed by atoms with van der Waals surface area (Å²) in [7, 11) is 0. The second-order valence-corrected chi connectivity index (χ2v) is 4.88. The van der Waals surface area contributed by atoms with Crippen LogP contribution in [-0.4, -0.2) is 34.3 Å². The van der Waals surface area contributed by atoms with Crippen molar-refractivity contribution in [2.45, 2.75) is 45.2 Å². The van der Waals surface area contributed by atoms with Gasteiger partial charge in [0.25, 0.3) is 0 Å². The van der Waals surface area contributed by atoms with E-state index < -0.39 is 0 Å². The van der Waals surface area contributed by atoms with Crippen molar-refractivity contribution in [3.63, 3.8) is 0 Å². The van der Waals surface area contributed by atoms with E-state index in [-0.39, 0.29) is 12.6 Å². The Morgan fingerprint density at radius 1 is 1.39 bits per heavy atom. The van der Waals surface area contributed by atoms with Gasteiger partial charge in [0.1, 0.15) is 0 Å². The van der Waals surface area contributed by atoms with Gasteiger partial charge in [0, 0.05) is 18.8 Å². The highest BCUT2D eigenvalue weighted by Gasteiger charge is 2.22. The summed E-state index contributed by atoms with van der Waals surface area (Å²) in [5.41, 5.74) is 7.45. The molecule has 1 aliphatic heterocycles. The van der Waals surface area contributed by atoms with Crippen LogP contribution in [0.15, 0.2) is 6.07 Å². The number of aliphatic hydroxyl groups is 1. The molecule has 1 atom stereocenters. The molecule has 18 heavy (non-hydrogen) atoms. The summed E-state index contributed by atoms with van der Waals surface area (Å²) in [5.74, 6) is 0.719. The fourth-order valence-electron chi connectivity index (χ4n) is 2.48. The van der Waals surface area contributed by atoms with Gasteiger partial charge in [-0.15, -0.1) is 0 Å². The lowest BCUT2D eigenvalue weighted by molar-refractivity contribution is 0.254. The molecule has 100 valence electrons. The summed E-state index contributed by atoms with van der Waals surface area (Å²) in [6.45, 7) is 3.46. The molecule has 5 heteroatoms. The van der Waals surface area contributed by atoms with E-state index in [4.69, 9.17) is 5.73 Å². The van der Waals surface area contributed by atoms with E-state index in [0.29, 0.717) is 6.54 Å². The molecule has 1 aromatic heterocycles. The molecular formula is C13H22N4O. The number of anilines is 1. The molecule has 2 rings (SSSR count). The van der Waals surface area contributed by atoms with Crippen molar-refractivity contribution in [1.82, 2.24) is 9.97 Å². The Morgan fingerprint density at radius 2 is 2.22 bits per heavy atom. The molecule has 1 unspecified atom stereocenters. The maximum Gasteiger partial charge on any atom is 0.226 e. The third kappa shape index (κ3) is 2.97. The first kappa shape index (κ1) is 13.2. The molecule has 5 nitrogen and oxygen atoms in total. The Bertz CT molecular complexity index is 397. The fourth-order valence-corrected chi connectivity index (χ4v) is 2.48. The molecule has 0 saturated carbocycles. The van der Waals surface area contributed by atoms with Crippen LogP contribution in [0.25, 0.3) is 0 Å². The van der Waals surface area contributed by atoms with Crippen LogP contribution in [0.5, 0.6) is 0 Å². The molecule has 0 amide bonds. The normalized spacial score (nSPS) is 20.8. The first-order valence-corrected chi connectivity index (χ1v) is 6.66. The molecule has 1 fully saturated rings. The van der Waals surface area contributed by atoms with E-state index >= 15 is 0 Å². The number of aromatic nitrogens is 2. The molecule has 1 aliphatic rings. The first-order chi connectivity index (χ1) is 8.74. The van der Waals surface area contributed by atoms with Crippen molar-refractivity contribution in [1.29, 1.82) is 0 Å². The summed E-state index contributed by atoms with van der Waals surface area (Å²) >= 11 is 0. The zero-order valence-corrected chi connectivity index (χ0v) is 11.0. The van der Waals surface area contributed by atoms with Gasteiger partial charge in [0.15, 0.2) is 0 Å². The van der Waals surface area contributed by atoms with Crippen LogP contribution in [0.2, 0.25) is 0 Å². The Morgan fingerprint density at radius 3 is 2.94 bits per heavy atom. The van der Waals surface area contributed by atoms with E-state index in [2.05, 4.69) is 14.9 Å². The average molecular weight is 250 g/mol. The molecule has 0 aromatic carbocycles. The van der Waals surface area contributed by atoms with Gasteiger partial charge < -0.3 is 15.7 Å². The van der Waals surface area contributed by atoms with E-state index in [1.165, 1.54) is 6.42 Å². The second kappa shape index (κ2) is 6.11. The van der Waals surface area contributed by atoms with Crippen LogP contribution in [0, 0.1) is 6.92 Å². The molecule has 0 spiro atoms. The minimum atomic E-state index is 0.139. The van der Waals surface area contributed by atoms with Gasteiger partial charge in [0.05, 0.1) is 18.3 Å². The number of hydrogen-bond donors (Lipinski definition) is 2. The fraction of sp³-hybridized carbons (Fsp3) is 0.692. The summed E-state index contributed by atoms with van der Waals surface area (Å²) in [5, 5.41) is 9.52. The van der Waals surface area contributed by atoms with E-state index in [0.717, 1.165) is 43.1 Å². The van der Waals surface area contributed by atoms with Crippen molar-refractivity contribution in [3.8, 4) is 0 Å². The number of aliphatic hydroxyl groups excluding tert-OH is 1. The highest BCUT2D eigenvalue weighted by atomic mass is 16.3. The maximum atomic E-state index is 9.52. The van der Waals surface area contributed by atoms with Crippen molar-refractivity contribution < 1.29 is 5.11 Å². The number of hydrogen-bond acceptors (Lipinski definition) is 5. The Kier molecular flexibility index (Phi) is 4.49. The minimum absolute atomic E-state index is 0.139. The number of rotatable bonds is 3. The largest absolute Gasteiger partial charge is 0.394 e. The number of aryl methyl sites for hydroxylation is 1. The average Bonchev–Trinajstić information content (AvgIpc) is 2.62. The lowest BCUT2D eigenvalue weighted by atomic mass is 10.1. The van der Waals surface area contributed by atoms with Crippen LogP contribution in [0.1, 0.15) is 37.1 Å². The van der Waals surface area contributed by atoms with Crippen molar-refractivity contribution in [2.24, 2.45) is 5.73 Å². The zero-order chi connectivity index (χ0) is 13.0. The topological polar surface area (TPSA) is 75.3 Å². The van der Waals surface area contributed by atoms with Crippen molar-refractivity contribution in [3.05, 3.63) is 17.5 Å². The summed E-state index contributed by atoms with van der Waals surface area (Å²) < 4.78 is 0. The van der Waals surface area contributed by atoms with Gasteiger partial charge in [-0.25, -0.2) is 9.97 Å². The number of nitrogens with two attached hydrogens (primary N) is 1. The predicted octanol–water partition coefficient (Wildman–Crippen LogP) is 0.985. The molecular weight excluding hydrogens is 228 g/mol. The van der Waals surface area contributed by atoms with Crippen LogP contribution in [-0.2, 0) is 6.54 Å².